The fourth-order valence-corrected chi connectivity index (χ4v) is 1.29. The SMILES string of the molecule is CSNCCN(C)CCNC(C)C. The van der Waals surface area contributed by atoms with Crippen LogP contribution in [0.1, 0.15) is 13.8 Å². The number of nitrogens with one attached hydrogen (secondary N) is 2. The molecule has 0 unspecified atom stereocenters. The van der Waals surface area contributed by atoms with Gasteiger partial charge in [0.15, 0.2) is 0 Å². The second-order valence-electron chi connectivity index (χ2n) is 3.51. The molecule has 0 rings (SSSR count). The summed E-state index contributed by atoms with van der Waals surface area (Å²) in [6.07, 6.45) is 2.06. The van der Waals surface area contributed by atoms with Crippen LogP contribution in [-0.4, -0.2) is 50.4 Å². The summed E-state index contributed by atoms with van der Waals surface area (Å²) in [5, 5.41) is 3.40. The summed E-state index contributed by atoms with van der Waals surface area (Å²) >= 11 is 1.68. The van der Waals surface area contributed by atoms with Crippen molar-refractivity contribution < 1.29 is 0 Å². The van der Waals surface area contributed by atoms with E-state index in [2.05, 4.69) is 42.1 Å². The zero-order chi connectivity index (χ0) is 10.1. The number of hydrogen-bond acceptors (Lipinski definition) is 4. The third kappa shape index (κ3) is 10.1. The van der Waals surface area contributed by atoms with Gasteiger partial charge in [0, 0.05) is 32.2 Å². The molecular weight excluding hydrogens is 182 g/mol. The molecule has 0 fully saturated rings. The van der Waals surface area contributed by atoms with Crippen LogP contribution >= 0.6 is 11.9 Å². The van der Waals surface area contributed by atoms with Crippen LogP contribution in [0.25, 0.3) is 0 Å². The van der Waals surface area contributed by atoms with E-state index in [0.29, 0.717) is 6.04 Å². The van der Waals surface area contributed by atoms with Gasteiger partial charge in [-0.15, -0.1) is 0 Å². The second-order valence-corrected chi connectivity index (χ2v) is 4.21. The molecule has 0 aliphatic carbocycles. The Morgan fingerprint density at radius 1 is 1.23 bits per heavy atom. The number of nitrogens with zero attached hydrogens (tertiary/aromatic N) is 1. The normalized spacial score (nSPS) is 11.5. The molecule has 0 bridgehead atoms. The Morgan fingerprint density at radius 2 is 1.85 bits per heavy atom. The molecule has 0 aromatic heterocycles. The zero-order valence-electron chi connectivity index (χ0n) is 9.26. The fourth-order valence-electron chi connectivity index (χ4n) is 0.994. The summed E-state index contributed by atoms with van der Waals surface area (Å²) in [5.74, 6) is 0. The summed E-state index contributed by atoms with van der Waals surface area (Å²) < 4.78 is 3.23. The molecule has 0 aliphatic heterocycles. The topological polar surface area (TPSA) is 27.3 Å². The Bertz CT molecular complexity index is 109. The number of rotatable bonds is 8. The summed E-state index contributed by atoms with van der Waals surface area (Å²) in [6.45, 7) is 8.71. The maximum absolute atomic E-state index is 3.40. The highest BCUT2D eigenvalue weighted by molar-refractivity contribution is 7.96. The van der Waals surface area contributed by atoms with Crippen molar-refractivity contribution in [3.63, 3.8) is 0 Å². The highest BCUT2D eigenvalue weighted by Gasteiger charge is 1.97. The van der Waals surface area contributed by atoms with Gasteiger partial charge < -0.3 is 10.2 Å². The van der Waals surface area contributed by atoms with Gasteiger partial charge in [0.05, 0.1) is 0 Å². The first-order valence-electron chi connectivity index (χ1n) is 4.84. The van der Waals surface area contributed by atoms with E-state index >= 15 is 0 Å². The van der Waals surface area contributed by atoms with Crippen LogP contribution in [-0.2, 0) is 0 Å². The van der Waals surface area contributed by atoms with Crippen LogP contribution in [0.15, 0.2) is 0 Å². The molecular formula is C9H23N3S. The van der Waals surface area contributed by atoms with Crippen molar-refractivity contribution in [2.24, 2.45) is 0 Å². The van der Waals surface area contributed by atoms with Gasteiger partial charge in [-0.2, -0.15) is 0 Å². The Morgan fingerprint density at radius 3 is 2.38 bits per heavy atom. The van der Waals surface area contributed by atoms with Crippen molar-refractivity contribution >= 4 is 11.9 Å². The van der Waals surface area contributed by atoms with E-state index in [1.54, 1.807) is 11.9 Å². The van der Waals surface area contributed by atoms with E-state index in [1.165, 1.54) is 0 Å². The Kier molecular flexibility index (Phi) is 8.97. The fraction of sp³-hybridized carbons (Fsp3) is 1.00. The Hall–Kier alpha value is 0.230. The van der Waals surface area contributed by atoms with Gasteiger partial charge in [0.1, 0.15) is 0 Å². The summed E-state index contributed by atoms with van der Waals surface area (Å²) in [6, 6.07) is 0.595. The molecule has 4 heteroatoms. The molecule has 0 spiro atoms. The standard InChI is InChI=1S/C9H23N3S/c1-9(2)10-5-7-12(3)8-6-11-13-4/h9-11H,5-8H2,1-4H3. The first kappa shape index (κ1) is 13.2. The third-order valence-electron chi connectivity index (χ3n) is 1.79. The molecule has 0 aromatic rings. The Balaban J connectivity index is 3.15. The maximum Gasteiger partial charge on any atom is 0.0186 e. The lowest BCUT2D eigenvalue weighted by atomic mass is 10.4. The van der Waals surface area contributed by atoms with Gasteiger partial charge in [0.25, 0.3) is 0 Å². The molecule has 2 N–H and O–H groups in total. The lowest BCUT2D eigenvalue weighted by Gasteiger charge is -2.17. The van der Waals surface area contributed by atoms with Crippen LogP contribution in [0.4, 0.5) is 0 Å². The van der Waals surface area contributed by atoms with Crippen molar-refractivity contribution in [2.45, 2.75) is 19.9 Å². The zero-order valence-corrected chi connectivity index (χ0v) is 10.1. The van der Waals surface area contributed by atoms with Crippen molar-refractivity contribution in [1.29, 1.82) is 0 Å². The van der Waals surface area contributed by atoms with Gasteiger partial charge in [-0.25, -0.2) is 0 Å². The van der Waals surface area contributed by atoms with Gasteiger partial charge in [-0.3, -0.25) is 4.72 Å². The van der Waals surface area contributed by atoms with Crippen molar-refractivity contribution in [3.8, 4) is 0 Å². The largest absolute Gasteiger partial charge is 0.313 e. The van der Waals surface area contributed by atoms with Gasteiger partial charge in [-0.05, 0) is 13.3 Å². The summed E-state index contributed by atoms with van der Waals surface area (Å²) in [4.78, 5) is 2.33. The summed E-state index contributed by atoms with van der Waals surface area (Å²) in [5.41, 5.74) is 0. The van der Waals surface area contributed by atoms with Gasteiger partial charge >= 0.3 is 0 Å². The molecule has 0 aromatic carbocycles. The van der Waals surface area contributed by atoms with E-state index in [0.717, 1.165) is 26.2 Å². The van der Waals surface area contributed by atoms with E-state index in [4.69, 9.17) is 0 Å². The molecule has 0 saturated carbocycles. The molecule has 0 amide bonds. The molecule has 0 heterocycles. The minimum Gasteiger partial charge on any atom is -0.313 e. The van der Waals surface area contributed by atoms with Crippen LogP contribution in [0.2, 0.25) is 0 Å². The van der Waals surface area contributed by atoms with Crippen LogP contribution in [0.5, 0.6) is 0 Å². The minimum atomic E-state index is 0.595. The van der Waals surface area contributed by atoms with E-state index in [9.17, 15) is 0 Å². The van der Waals surface area contributed by atoms with Gasteiger partial charge in [0.2, 0.25) is 0 Å². The highest BCUT2D eigenvalue weighted by atomic mass is 32.2. The average Bonchev–Trinajstić information content (AvgIpc) is 2.04. The van der Waals surface area contributed by atoms with Crippen molar-refractivity contribution in [1.82, 2.24) is 14.9 Å². The predicted octanol–water partition coefficient (Wildman–Crippen LogP) is 0.784. The van der Waals surface area contributed by atoms with Crippen molar-refractivity contribution in [3.05, 3.63) is 0 Å². The van der Waals surface area contributed by atoms with Crippen LogP contribution in [0.3, 0.4) is 0 Å². The van der Waals surface area contributed by atoms with E-state index in [-0.39, 0.29) is 0 Å². The molecule has 0 atom stereocenters. The van der Waals surface area contributed by atoms with Crippen LogP contribution in [0, 0.1) is 0 Å². The maximum atomic E-state index is 3.40. The van der Waals surface area contributed by atoms with Crippen molar-refractivity contribution in [2.75, 3.05) is 39.5 Å². The average molecular weight is 205 g/mol. The van der Waals surface area contributed by atoms with E-state index in [1.807, 2.05) is 0 Å². The lowest BCUT2D eigenvalue weighted by Crippen LogP contribution is -2.35. The molecule has 13 heavy (non-hydrogen) atoms. The van der Waals surface area contributed by atoms with Crippen LogP contribution < -0.4 is 10.0 Å². The Labute approximate surface area is 86.8 Å². The molecule has 0 aliphatic rings. The molecule has 0 saturated heterocycles. The molecule has 3 nitrogen and oxygen atoms in total. The van der Waals surface area contributed by atoms with Gasteiger partial charge in [-0.1, -0.05) is 25.8 Å². The summed E-state index contributed by atoms with van der Waals surface area (Å²) in [7, 11) is 2.16. The minimum absolute atomic E-state index is 0.595. The molecule has 0 radical (unpaired) electrons. The molecule has 80 valence electrons. The lowest BCUT2D eigenvalue weighted by molar-refractivity contribution is 0.333. The quantitative estimate of drug-likeness (QED) is 0.452. The number of hydrogen-bond donors (Lipinski definition) is 2. The second kappa shape index (κ2) is 8.81. The highest BCUT2D eigenvalue weighted by Crippen LogP contribution is 1.84. The van der Waals surface area contributed by atoms with E-state index < -0.39 is 0 Å². The third-order valence-corrected chi connectivity index (χ3v) is 2.28. The monoisotopic (exact) mass is 205 g/mol. The predicted molar refractivity (Wildman–Crippen MR) is 62.2 cm³/mol. The number of likely N-dealkylation sites (N-methyl/N-ethyl adjacent to an activating group) is 1. The first-order chi connectivity index (χ1) is 6.16. The smallest absolute Gasteiger partial charge is 0.0186 e. The first-order valence-corrected chi connectivity index (χ1v) is 6.07.